The topological polar surface area (TPSA) is 62.1 Å². The SMILES string of the molecule is CCCC[N+](CCCCOC1CCCCO1)(CCCNCc1ccc[nH]1)Cc1ccc[nH]1. The predicted molar refractivity (Wildman–Crippen MR) is 130 cm³/mol. The van der Waals surface area contributed by atoms with Gasteiger partial charge >= 0.3 is 0 Å². The normalized spacial score (nSPS) is 18.6. The molecule has 0 amide bonds. The van der Waals surface area contributed by atoms with E-state index in [-0.39, 0.29) is 6.29 Å². The molecule has 0 radical (unpaired) electrons. The van der Waals surface area contributed by atoms with Crippen molar-refractivity contribution in [3.8, 4) is 0 Å². The van der Waals surface area contributed by atoms with Crippen LogP contribution in [0.25, 0.3) is 0 Å². The molecule has 3 rings (SSSR count). The fourth-order valence-electron chi connectivity index (χ4n) is 4.74. The third kappa shape index (κ3) is 9.10. The summed E-state index contributed by atoms with van der Waals surface area (Å²) in [6.07, 6.45) is 13.6. The second-order valence-electron chi connectivity index (χ2n) is 9.32. The van der Waals surface area contributed by atoms with Gasteiger partial charge in [-0.25, -0.2) is 0 Å². The van der Waals surface area contributed by atoms with E-state index in [4.69, 9.17) is 9.47 Å². The Bertz CT molecular complexity index is 683. The number of ether oxygens (including phenoxy) is 2. The number of aromatic amines is 2. The van der Waals surface area contributed by atoms with Crippen molar-refractivity contribution in [2.24, 2.45) is 0 Å². The van der Waals surface area contributed by atoms with Crippen LogP contribution >= 0.6 is 0 Å². The Morgan fingerprint density at radius 2 is 1.78 bits per heavy atom. The maximum absolute atomic E-state index is 5.98. The molecular formula is C26H45N4O2+. The van der Waals surface area contributed by atoms with Crippen LogP contribution in [0.15, 0.2) is 36.7 Å². The van der Waals surface area contributed by atoms with E-state index in [1.165, 1.54) is 74.0 Å². The lowest BCUT2D eigenvalue weighted by Crippen LogP contribution is -2.50. The van der Waals surface area contributed by atoms with E-state index in [2.05, 4.69) is 52.7 Å². The zero-order valence-electron chi connectivity index (χ0n) is 20.1. The van der Waals surface area contributed by atoms with Crippen LogP contribution in [0.3, 0.4) is 0 Å². The standard InChI is InChI=1S/C26H45N4O2/c1-2-3-17-30(23-25-12-9-16-29-25,19-10-14-27-22-24-11-8-15-28-24)18-5-7-21-32-26-13-4-6-20-31-26/h8-9,11-12,15-16,26-29H,2-7,10,13-14,17-23H2,1H3/q+1. The average molecular weight is 446 g/mol. The highest BCUT2D eigenvalue weighted by Gasteiger charge is 2.27. The molecule has 6 heteroatoms. The van der Waals surface area contributed by atoms with Gasteiger partial charge in [-0.1, -0.05) is 13.3 Å². The number of rotatable bonds is 17. The quantitative estimate of drug-likeness (QED) is 0.238. The van der Waals surface area contributed by atoms with E-state index in [1.807, 2.05) is 6.20 Å². The summed E-state index contributed by atoms with van der Waals surface area (Å²) in [5.74, 6) is 0. The van der Waals surface area contributed by atoms with Gasteiger partial charge in [-0.15, -0.1) is 0 Å². The molecular weight excluding hydrogens is 400 g/mol. The van der Waals surface area contributed by atoms with Crippen molar-refractivity contribution in [2.75, 3.05) is 39.4 Å². The first kappa shape index (κ1) is 25.0. The largest absolute Gasteiger partial charge is 0.364 e. The van der Waals surface area contributed by atoms with Crippen LogP contribution in [-0.2, 0) is 22.6 Å². The van der Waals surface area contributed by atoms with Crippen molar-refractivity contribution in [1.29, 1.82) is 0 Å². The first-order chi connectivity index (χ1) is 15.8. The molecule has 1 saturated heterocycles. The summed E-state index contributed by atoms with van der Waals surface area (Å²) in [7, 11) is 0. The molecule has 1 fully saturated rings. The van der Waals surface area contributed by atoms with Gasteiger partial charge in [0.25, 0.3) is 0 Å². The Kier molecular flexibility index (Phi) is 11.4. The molecule has 6 nitrogen and oxygen atoms in total. The minimum atomic E-state index is 0.0350. The minimum Gasteiger partial charge on any atom is -0.364 e. The van der Waals surface area contributed by atoms with Crippen LogP contribution in [0.5, 0.6) is 0 Å². The fourth-order valence-corrected chi connectivity index (χ4v) is 4.74. The monoisotopic (exact) mass is 445 g/mol. The summed E-state index contributed by atoms with van der Waals surface area (Å²) in [6.45, 7) is 10.7. The number of unbranched alkanes of at least 4 members (excludes halogenated alkanes) is 2. The molecule has 32 heavy (non-hydrogen) atoms. The molecule has 0 bridgehead atoms. The predicted octanol–water partition coefficient (Wildman–Crippen LogP) is 4.96. The molecule has 3 heterocycles. The first-order valence-corrected chi connectivity index (χ1v) is 12.8. The number of H-pyrrole nitrogens is 2. The van der Waals surface area contributed by atoms with Crippen LogP contribution in [0.2, 0.25) is 0 Å². The van der Waals surface area contributed by atoms with Crippen LogP contribution < -0.4 is 5.32 Å². The van der Waals surface area contributed by atoms with Crippen LogP contribution in [0, 0.1) is 0 Å². The Hall–Kier alpha value is -1.60. The van der Waals surface area contributed by atoms with Gasteiger partial charge in [0, 0.05) is 50.8 Å². The van der Waals surface area contributed by atoms with Gasteiger partial charge in [-0.2, -0.15) is 0 Å². The Morgan fingerprint density at radius 3 is 2.50 bits per heavy atom. The van der Waals surface area contributed by atoms with Gasteiger partial charge in [0.05, 0.1) is 25.3 Å². The molecule has 0 spiro atoms. The van der Waals surface area contributed by atoms with Crippen molar-refractivity contribution < 1.29 is 14.0 Å². The van der Waals surface area contributed by atoms with Crippen molar-refractivity contribution in [3.63, 3.8) is 0 Å². The summed E-state index contributed by atoms with van der Waals surface area (Å²) in [6, 6.07) is 8.57. The second kappa shape index (κ2) is 14.5. The highest BCUT2D eigenvalue weighted by Crippen LogP contribution is 2.19. The fraction of sp³-hybridized carbons (Fsp3) is 0.692. The van der Waals surface area contributed by atoms with Gasteiger partial charge in [-0.3, -0.25) is 0 Å². The van der Waals surface area contributed by atoms with Crippen LogP contribution in [-0.4, -0.2) is 60.1 Å². The van der Waals surface area contributed by atoms with Crippen molar-refractivity contribution >= 4 is 0 Å². The molecule has 0 aliphatic carbocycles. The molecule has 0 saturated carbocycles. The summed E-state index contributed by atoms with van der Waals surface area (Å²) in [4.78, 5) is 6.73. The Labute approximate surface area is 194 Å². The van der Waals surface area contributed by atoms with E-state index >= 15 is 0 Å². The number of hydrogen-bond donors (Lipinski definition) is 3. The van der Waals surface area contributed by atoms with Gasteiger partial charge in [0.1, 0.15) is 6.54 Å². The average Bonchev–Trinajstić information content (AvgIpc) is 3.52. The molecule has 2 aromatic heterocycles. The summed E-state index contributed by atoms with van der Waals surface area (Å²) in [5, 5.41) is 3.61. The van der Waals surface area contributed by atoms with E-state index in [0.29, 0.717) is 0 Å². The number of nitrogens with zero attached hydrogens (tertiary/aromatic N) is 1. The number of quaternary nitrogens is 1. The molecule has 1 aliphatic rings. The molecule has 2 unspecified atom stereocenters. The van der Waals surface area contributed by atoms with E-state index in [0.717, 1.165) is 45.7 Å². The van der Waals surface area contributed by atoms with Crippen molar-refractivity contribution in [2.45, 2.75) is 77.7 Å². The molecule has 2 atom stereocenters. The van der Waals surface area contributed by atoms with Gasteiger partial charge in [0.15, 0.2) is 6.29 Å². The third-order valence-electron chi connectivity index (χ3n) is 6.59. The second-order valence-corrected chi connectivity index (χ2v) is 9.32. The summed E-state index contributed by atoms with van der Waals surface area (Å²) < 4.78 is 12.9. The van der Waals surface area contributed by atoms with E-state index in [9.17, 15) is 0 Å². The van der Waals surface area contributed by atoms with Gasteiger partial charge in [-0.05, 0) is 62.8 Å². The van der Waals surface area contributed by atoms with E-state index in [1.54, 1.807) is 0 Å². The lowest BCUT2D eigenvalue weighted by molar-refractivity contribution is -0.941. The zero-order valence-corrected chi connectivity index (χ0v) is 20.1. The molecule has 180 valence electrons. The summed E-state index contributed by atoms with van der Waals surface area (Å²) >= 11 is 0. The maximum Gasteiger partial charge on any atom is 0.157 e. The van der Waals surface area contributed by atoms with Crippen LogP contribution in [0.4, 0.5) is 0 Å². The number of hydrogen-bond acceptors (Lipinski definition) is 3. The lowest BCUT2D eigenvalue weighted by Gasteiger charge is -2.39. The minimum absolute atomic E-state index is 0.0350. The summed E-state index contributed by atoms with van der Waals surface area (Å²) in [5.41, 5.74) is 2.61. The highest BCUT2D eigenvalue weighted by molar-refractivity contribution is 5.03. The Balaban J connectivity index is 1.47. The van der Waals surface area contributed by atoms with E-state index < -0.39 is 0 Å². The third-order valence-corrected chi connectivity index (χ3v) is 6.59. The lowest BCUT2D eigenvalue weighted by atomic mass is 10.1. The molecule has 0 aromatic carbocycles. The number of nitrogens with one attached hydrogen (secondary N) is 3. The molecule has 3 N–H and O–H groups in total. The van der Waals surface area contributed by atoms with Crippen LogP contribution in [0.1, 0.15) is 69.7 Å². The van der Waals surface area contributed by atoms with Gasteiger partial charge in [0.2, 0.25) is 0 Å². The zero-order chi connectivity index (χ0) is 22.3. The first-order valence-electron chi connectivity index (χ1n) is 12.8. The molecule has 1 aliphatic heterocycles. The van der Waals surface area contributed by atoms with Crippen molar-refractivity contribution in [3.05, 3.63) is 48.0 Å². The van der Waals surface area contributed by atoms with Gasteiger partial charge < -0.3 is 29.2 Å². The smallest absolute Gasteiger partial charge is 0.157 e. The number of aromatic nitrogens is 2. The maximum atomic E-state index is 5.98. The Morgan fingerprint density at radius 1 is 1.00 bits per heavy atom. The molecule has 2 aromatic rings. The van der Waals surface area contributed by atoms with Crippen molar-refractivity contribution in [1.82, 2.24) is 15.3 Å². The highest BCUT2D eigenvalue weighted by atomic mass is 16.7.